The predicted octanol–water partition coefficient (Wildman–Crippen LogP) is 10.6. The van der Waals surface area contributed by atoms with E-state index in [1.54, 1.807) is 42.7 Å². The molecule has 0 aliphatic rings. The van der Waals surface area contributed by atoms with Crippen molar-refractivity contribution in [2.45, 2.75) is 73.9 Å². The van der Waals surface area contributed by atoms with Crippen LogP contribution in [0.2, 0.25) is 10.0 Å². The number of methoxy groups -OCH3 is 1. The third-order valence-electron chi connectivity index (χ3n) is 11.0. The van der Waals surface area contributed by atoms with Crippen molar-refractivity contribution in [1.82, 2.24) is 35.2 Å². The minimum absolute atomic E-state index is 0. The number of carbonyl (C=O) groups excluding carboxylic acids is 2. The Bertz CT molecular complexity index is 3330. The van der Waals surface area contributed by atoms with Crippen molar-refractivity contribution in [3.8, 4) is 12.1 Å². The van der Waals surface area contributed by atoms with E-state index in [-0.39, 0.29) is 38.6 Å². The Morgan fingerprint density at radius 1 is 0.689 bits per heavy atom. The molecule has 0 radical (unpaired) electrons. The van der Waals surface area contributed by atoms with Gasteiger partial charge in [-0.1, -0.05) is 42.8 Å². The summed E-state index contributed by atoms with van der Waals surface area (Å²) in [4.78, 5) is 50.8. The molecule has 0 atom stereocenters. The highest BCUT2D eigenvalue weighted by Crippen LogP contribution is 2.23. The zero-order chi connectivity index (χ0) is 53.2. The normalized spacial score (nSPS) is 10.2. The number of aryl methyl sites for hydroxylation is 4. The second-order valence-corrected chi connectivity index (χ2v) is 17.2. The van der Waals surface area contributed by atoms with Crippen LogP contribution in [0, 0.1) is 50.4 Å². The Morgan fingerprint density at radius 3 is 1.55 bits per heavy atom. The van der Waals surface area contributed by atoms with Crippen LogP contribution in [0.3, 0.4) is 0 Å². The van der Waals surface area contributed by atoms with Gasteiger partial charge in [0.05, 0.1) is 78.6 Å². The van der Waals surface area contributed by atoms with Crippen molar-refractivity contribution < 1.29 is 20.1 Å². The Kier molecular flexibility index (Phi) is 23.0. The first-order valence-corrected chi connectivity index (χ1v) is 22.9. The zero-order valence-electron chi connectivity index (χ0n) is 41.8. The minimum atomic E-state index is -1.00. The highest BCUT2D eigenvalue weighted by atomic mass is 35.5. The fourth-order valence-corrected chi connectivity index (χ4v) is 8.09. The number of nitriles is 2. The number of ether oxygens (including phenoxy) is 1. The standard InChI is InChI=1S/C26H23ClN6O.C19H14ClN3O2.C8H13N3.CH3F.CH4.ClH/c1-15-7-25(29)32-16(2)23(15)14-31-26(34)19-11-21(5-6-28)33-22(12-19)9-17-3-4-24-18(8-17)10-20(27)13-30-24;1-25-19(24)14-9-16(4-5-21)23-17(10-14)7-12-2-3-18-13(6-12)8-15(20)11-22-18;1-5-3-8(10)11-6(2)7(5)4-9;1-2;;/h3-4,7-8,10-13H,5,9,14H2,1-2H3,(H2,29,32)(H,31,34);2-3,6,8-11H,4,7H2,1H3;3H,4,9H2,1-2H3,(H2,10,11);1H3;1H4;1H/i;;;1D;;. The second-order valence-electron chi connectivity index (χ2n) is 16.3. The number of esters is 1. The molecule has 2 aromatic carbocycles. The molecule has 0 aliphatic heterocycles. The summed E-state index contributed by atoms with van der Waals surface area (Å²) in [6.07, 6.45) is 4.50. The van der Waals surface area contributed by atoms with Crippen molar-refractivity contribution in [3.63, 3.8) is 0 Å². The minimum Gasteiger partial charge on any atom is -0.465 e. The van der Waals surface area contributed by atoms with Crippen molar-refractivity contribution in [2.24, 2.45) is 5.73 Å². The molecule has 74 heavy (non-hydrogen) atoms. The number of halogens is 4. The van der Waals surface area contributed by atoms with Crippen molar-refractivity contribution in [1.29, 1.82) is 10.5 Å². The van der Waals surface area contributed by atoms with Gasteiger partial charge in [0.1, 0.15) is 11.6 Å². The number of rotatable bonds is 11. The number of aromatic nitrogens is 6. The number of nitrogens with one attached hydrogen (secondary N) is 1. The summed E-state index contributed by atoms with van der Waals surface area (Å²) in [6, 6.07) is 30.0. The van der Waals surface area contributed by atoms with Gasteiger partial charge >= 0.3 is 5.97 Å². The van der Waals surface area contributed by atoms with Gasteiger partial charge in [0, 0.05) is 77.4 Å². The molecule has 19 heteroatoms. The number of alkyl halides is 1. The van der Waals surface area contributed by atoms with Crippen molar-refractivity contribution in [2.75, 3.05) is 25.7 Å². The van der Waals surface area contributed by atoms with Crippen molar-refractivity contribution >= 4 is 80.9 Å². The molecule has 384 valence electrons. The molecule has 6 heterocycles. The number of hydrogen-bond acceptors (Lipinski definition) is 14. The first-order valence-electron chi connectivity index (χ1n) is 22.9. The summed E-state index contributed by atoms with van der Waals surface area (Å²) in [5.74, 6) is 0.333. The number of anilines is 2. The van der Waals surface area contributed by atoms with Crippen LogP contribution in [0.4, 0.5) is 16.0 Å². The number of benzene rings is 2. The van der Waals surface area contributed by atoms with Crippen LogP contribution in [0.25, 0.3) is 21.8 Å². The van der Waals surface area contributed by atoms with Gasteiger partial charge in [-0.25, -0.2) is 14.8 Å². The number of carbonyl (C=O) groups is 2. The van der Waals surface area contributed by atoms with E-state index >= 15 is 0 Å². The number of nitrogens with two attached hydrogens (primary N) is 3. The van der Waals surface area contributed by atoms with E-state index in [1.165, 1.54) is 7.11 Å². The van der Waals surface area contributed by atoms with Crippen LogP contribution in [0.1, 0.15) is 97.1 Å². The molecule has 8 aromatic rings. The van der Waals surface area contributed by atoms with E-state index in [1.807, 2.05) is 82.3 Å². The van der Waals surface area contributed by atoms with Crippen LogP contribution in [0.5, 0.6) is 0 Å². The maximum absolute atomic E-state index is 13.0. The Balaban J connectivity index is 0.000000316. The summed E-state index contributed by atoms with van der Waals surface area (Å²) in [7, 11) is 0.326. The SMILES string of the molecule is C.COC(=O)c1cc(CC#N)nc(Cc2ccc3ncc(Cl)cc3c2)c1.Cc1cc(N)nc(C)c1CN.Cc1cc(N)nc(C)c1CNC(=O)c1cc(CC#N)nc(Cc2ccc3ncc(Cl)cc3c2)c1.Cl.[2H]CF. The molecular formula is C55H58Cl3FN12O3. The molecule has 0 spiro atoms. The first kappa shape index (κ1) is 58.7. The van der Waals surface area contributed by atoms with Gasteiger partial charge in [-0.05, 0) is 134 Å². The molecule has 8 rings (SSSR count). The van der Waals surface area contributed by atoms with Crippen LogP contribution in [0.15, 0.2) is 97.3 Å². The van der Waals surface area contributed by atoms with E-state index in [4.69, 9.17) is 51.8 Å². The smallest absolute Gasteiger partial charge is 0.337 e. The van der Waals surface area contributed by atoms with E-state index in [2.05, 4.69) is 47.4 Å². The lowest BCUT2D eigenvalue weighted by Gasteiger charge is -2.12. The molecule has 0 unspecified atom stereocenters. The topological polar surface area (TPSA) is 258 Å². The Hall–Kier alpha value is -7.86. The molecule has 7 N–H and O–H groups in total. The predicted molar refractivity (Wildman–Crippen MR) is 294 cm³/mol. The number of nitrogens with zero attached hydrogens (tertiary/aromatic N) is 8. The van der Waals surface area contributed by atoms with Crippen molar-refractivity contribution in [3.05, 3.63) is 186 Å². The summed E-state index contributed by atoms with van der Waals surface area (Å²) in [5.41, 5.74) is 29.7. The molecule has 0 fully saturated rings. The largest absolute Gasteiger partial charge is 0.465 e. The van der Waals surface area contributed by atoms with Gasteiger partial charge in [0.25, 0.3) is 5.91 Å². The van der Waals surface area contributed by atoms with Crippen LogP contribution in [-0.2, 0) is 43.5 Å². The second kappa shape index (κ2) is 29.0. The molecule has 0 saturated heterocycles. The maximum atomic E-state index is 13.0. The molecule has 6 aromatic heterocycles. The fourth-order valence-electron chi connectivity index (χ4n) is 7.76. The average molecular weight is 1060 g/mol. The molecule has 0 aliphatic carbocycles. The monoisotopic (exact) mass is 1060 g/mol. The van der Waals surface area contributed by atoms with Gasteiger partial charge in [-0.2, -0.15) is 10.5 Å². The Labute approximate surface area is 448 Å². The van der Waals surface area contributed by atoms with Crippen LogP contribution < -0.4 is 22.5 Å². The summed E-state index contributed by atoms with van der Waals surface area (Å²) < 4.78 is 20.3. The lowest BCUT2D eigenvalue weighted by atomic mass is 10.0. The summed E-state index contributed by atoms with van der Waals surface area (Å²) in [5, 5.41) is 24.1. The van der Waals surface area contributed by atoms with E-state index in [0.29, 0.717) is 81.5 Å². The van der Waals surface area contributed by atoms with E-state index in [9.17, 15) is 19.2 Å². The lowest BCUT2D eigenvalue weighted by molar-refractivity contribution is 0.0600. The van der Waals surface area contributed by atoms with E-state index < -0.39 is 13.1 Å². The van der Waals surface area contributed by atoms with Crippen LogP contribution in [-0.4, -0.2) is 56.0 Å². The van der Waals surface area contributed by atoms with Gasteiger partial charge < -0.3 is 27.3 Å². The first-order chi connectivity index (χ1) is 35.0. The van der Waals surface area contributed by atoms with E-state index in [0.717, 1.165) is 66.6 Å². The molecule has 0 bridgehead atoms. The third-order valence-corrected chi connectivity index (χ3v) is 11.5. The van der Waals surface area contributed by atoms with Gasteiger partial charge in [0.15, 0.2) is 0 Å². The lowest BCUT2D eigenvalue weighted by Crippen LogP contribution is -2.24. The third kappa shape index (κ3) is 16.9. The zero-order valence-corrected chi connectivity index (χ0v) is 43.1. The highest BCUT2D eigenvalue weighted by molar-refractivity contribution is 6.31. The molecule has 15 nitrogen and oxygen atoms in total. The van der Waals surface area contributed by atoms with Gasteiger partial charge in [-0.3, -0.25) is 29.1 Å². The number of amides is 1. The van der Waals surface area contributed by atoms with Gasteiger partial charge in [0.2, 0.25) is 0 Å². The average Bonchev–Trinajstić information content (AvgIpc) is 3.33. The maximum Gasteiger partial charge on any atom is 0.337 e. The molecule has 0 saturated carbocycles. The van der Waals surface area contributed by atoms with Gasteiger partial charge in [-0.15, -0.1) is 12.4 Å². The Morgan fingerprint density at radius 2 is 1.12 bits per heavy atom. The molecule has 1 amide bonds. The number of hydrogen-bond donors (Lipinski definition) is 4. The summed E-state index contributed by atoms with van der Waals surface area (Å²) in [6.45, 7) is 8.58. The fraction of sp³-hybridized carbons (Fsp3) is 0.236. The van der Waals surface area contributed by atoms with Crippen LogP contribution >= 0.6 is 35.6 Å². The number of pyridine rings is 6. The quantitative estimate of drug-likeness (QED) is 0.0879. The summed E-state index contributed by atoms with van der Waals surface area (Å²) >= 11 is 12.1. The highest BCUT2D eigenvalue weighted by Gasteiger charge is 2.15. The number of nitrogen functional groups attached to an aromatic ring is 2. The number of fused-ring (bicyclic) bond motifs is 2. The molecular weight excluding hydrogens is 1000 g/mol.